The van der Waals surface area contributed by atoms with Gasteiger partial charge >= 0.3 is 5.97 Å². The molecule has 0 radical (unpaired) electrons. The van der Waals surface area contributed by atoms with E-state index in [2.05, 4.69) is 9.59 Å². The van der Waals surface area contributed by atoms with Crippen molar-refractivity contribution >= 4 is 17.5 Å². The largest absolute Gasteiger partial charge is 0.458 e. The minimum absolute atomic E-state index is 0.0403. The first-order chi connectivity index (χ1) is 10.8. The quantitative estimate of drug-likeness (QED) is 0.784. The fourth-order valence-corrected chi connectivity index (χ4v) is 3.42. The molecule has 0 aliphatic heterocycles. The lowest BCUT2D eigenvalue weighted by Gasteiger charge is -2.19. The Hall–Kier alpha value is -1.75. The standard InChI is InChI=1S/C17H20N2O2S/c20-17(21-14-11-7-2-1-3-8-12-14)16-15(18-19-22-16)13-9-5-4-6-10-13/h4-6,9-10,14H,1-3,7-8,11-12H2. The molecule has 2 aromatic rings. The second kappa shape index (κ2) is 7.49. The van der Waals surface area contributed by atoms with Crippen LogP contribution in [0.1, 0.15) is 54.6 Å². The topological polar surface area (TPSA) is 52.1 Å². The van der Waals surface area contributed by atoms with Gasteiger partial charge in [-0.25, -0.2) is 4.79 Å². The summed E-state index contributed by atoms with van der Waals surface area (Å²) in [5.74, 6) is -0.278. The third-order valence-corrected chi connectivity index (χ3v) is 4.75. The molecular formula is C17H20N2O2S. The number of hydrogen-bond acceptors (Lipinski definition) is 5. The van der Waals surface area contributed by atoms with Crippen LogP contribution in [-0.2, 0) is 4.74 Å². The summed E-state index contributed by atoms with van der Waals surface area (Å²) >= 11 is 1.11. The molecule has 0 N–H and O–H groups in total. The number of hydrogen-bond donors (Lipinski definition) is 0. The van der Waals surface area contributed by atoms with Gasteiger partial charge in [0, 0.05) is 5.56 Å². The van der Waals surface area contributed by atoms with Gasteiger partial charge in [-0.05, 0) is 37.2 Å². The number of carbonyl (C=O) groups is 1. The molecule has 5 heteroatoms. The molecule has 0 amide bonds. The Kier molecular flexibility index (Phi) is 5.16. The molecular weight excluding hydrogens is 296 g/mol. The highest BCUT2D eigenvalue weighted by atomic mass is 32.1. The normalized spacial score (nSPS) is 16.7. The van der Waals surface area contributed by atoms with Crippen molar-refractivity contribution in [1.82, 2.24) is 9.59 Å². The molecule has 0 spiro atoms. The molecule has 1 saturated carbocycles. The summed E-state index contributed by atoms with van der Waals surface area (Å²) in [6.45, 7) is 0. The van der Waals surface area contributed by atoms with E-state index in [1.807, 2.05) is 30.3 Å². The van der Waals surface area contributed by atoms with Crippen LogP contribution in [0.3, 0.4) is 0 Å². The Labute approximate surface area is 134 Å². The molecule has 0 saturated heterocycles. The van der Waals surface area contributed by atoms with Gasteiger partial charge in [-0.15, -0.1) is 5.10 Å². The molecule has 0 atom stereocenters. The molecule has 1 aromatic carbocycles. The Morgan fingerprint density at radius 2 is 1.73 bits per heavy atom. The van der Waals surface area contributed by atoms with E-state index in [9.17, 15) is 4.79 Å². The SMILES string of the molecule is O=C(OC1CCCCCCC1)c1snnc1-c1ccccc1. The van der Waals surface area contributed by atoms with Crippen LogP contribution in [0.25, 0.3) is 11.3 Å². The molecule has 22 heavy (non-hydrogen) atoms. The maximum Gasteiger partial charge on any atom is 0.352 e. The predicted octanol–water partition coefficient (Wildman–Crippen LogP) is 4.47. The highest BCUT2D eigenvalue weighted by molar-refractivity contribution is 7.08. The average molecular weight is 316 g/mol. The molecule has 4 nitrogen and oxygen atoms in total. The summed E-state index contributed by atoms with van der Waals surface area (Å²) in [5, 5.41) is 4.10. The Balaban J connectivity index is 1.71. The maximum atomic E-state index is 12.5. The van der Waals surface area contributed by atoms with Crippen molar-refractivity contribution in [2.24, 2.45) is 0 Å². The van der Waals surface area contributed by atoms with E-state index >= 15 is 0 Å². The van der Waals surface area contributed by atoms with Crippen molar-refractivity contribution in [1.29, 1.82) is 0 Å². The second-order valence-electron chi connectivity index (χ2n) is 5.69. The minimum atomic E-state index is -0.278. The van der Waals surface area contributed by atoms with Crippen molar-refractivity contribution in [2.75, 3.05) is 0 Å². The lowest BCUT2D eigenvalue weighted by atomic mass is 9.98. The number of benzene rings is 1. The maximum absolute atomic E-state index is 12.5. The van der Waals surface area contributed by atoms with Crippen molar-refractivity contribution in [3.63, 3.8) is 0 Å². The summed E-state index contributed by atoms with van der Waals surface area (Å²) in [5.41, 5.74) is 1.53. The summed E-state index contributed by atoms with van der Waals surface area (Å²) in [4.78, 5) is 13.0. The highest BCUT2D eigenvalue weighted by Crippen LogP contribution is 2.26. The van der Waals surface area contributed by atoms with E-state index in [0.29, 0.717) is 10.6 Å². The van der Waals surface area contributed by atoms with Crippen LogP contribution in [0.2, 0.25) is 0 Å². The smallest absolute Gasteiger partial charge is 0.352 e. The van der Waals surface area contributed by atoms with E-state index < -0.39 is 0 Å². The van der Waals surface area contributed by atoms with Gasteiger partial charge in [0.15, 0.2) is 4.88 Å². The van der Waals surface area contributed by atoms with E-state index in [-0.39, 0.29) is 12.1 Å². The van der Waals surface area contributed by atoms with E-state index in [1.54, 1.807) is 0 Å². The molecule has 3 rings (SSSR count). The van der Waals surface area contributed by atoms with Gasteiger partial charge in [-0.3, -0.25) is 0 Å². The predicted molar refractivity (Wildman–Crippen MR) is 86.9 cm³/mol. The van der Waals surface area contributed by atoms with Crippen molar-refractivity contribution in [3.8, 4) is 11.3 Å². The van der Waals surface area contributed by atoms with Gasteiger partial charge < -0.3 is 4.74 Å². The molecule has 1 fully saturated rings. The Morgan fingerprint density at radius 3 is 2.45 bits per heavy atom. The zero-order valence-electron chi connectivity index (χ0n) is 12.5. The number of aromatic nitrogens is 2. The van der Waals surface area contributed by atoms with Crippen LogP contribution in [0.15, 0.2) is 30.3 Å². The van der Waals surface area contributed by atoms with Crippen LogP contribution in [-0.4, -0.2) is 21.7 Å². The molecule has 1 aliphatic carbocycles. The van der Waals surface area contributed by atoms with E-state index in [1.165, 1.54) is 19.3 Å². The summed E-state index contributed by atoms with van der Waals surface area (Å²) in [6, 6.07) is 9.67. The monoisotopic (exact) mass is 316 g/mol. The molecule has 1 aromatic heterocycles. The Bertz CT molecular complexity index is 604. The average Bonchev–Trinajstić information content (AvgIpc) is 3.00. The van der Waals surface area contributed by atoms with Gasteiger partial charge in [0.1, 0.15) is 11.8 Å². The first kappa shape index (κ1) is 15.2. The first-order valence-electron chi connectivity index (χ1n) is 7.93. The van der Waals surface area contributed by atoms with Crippen molar-refractivity contribution in [2.45, 2.75) is 51.0 Å². The third kappa shape index (κ3) is 3.71. The van der Waals surface area contributed by atoms with Gasteiger partial charge in [0.05, 0.1) is 0 Å². The zero-order valence-corrected chi connectivity index (χ0v) is 13.3. The van der Waals surface area contributed by atoms with Gasteiger partial charge in [-0.2, -0.15) is 0 Å². The van der Waals surface area contributed by atoms with Crippen molar-refractivity contribution < 1.29 is 9.53 Å². The number of nitrogens with zero attached hydrogens (tertiary/aromatic N) is 2. The van der Waals surface area contributed by atoms with Crippen molar-refractivity contribution in [3.05, 3.63) is 35.2 Å². The minimum Gasteiger partial charge on any atom is -0.458 e. The van der Waals surface area contributed by atoms with Crippen LogP contribution in [0, 0.1) is 0 Å². The first-order valence-corrected chi connectivity index (χ1v) is 8.70. The van der Waals surface area contributed by atoms with Crippen LogP contribution < -0.4 is 0 Å². The van der Waals surface area contributed by atoms with Gasteiger partial charge in [0.2, 0.25) is 0 Å². The number of carbonyl (C=O) groups excluding carboxylic acids is 1. The summed E-state index contributed by atoms with van der Waals surface area (Å²) < 4.78 is 9.66. The molecule has 116 valence electrons. The number of ether oxygens (including phenoxy) is 1. The fourth-order valence-electron chi connectivity index (χ4n) is 2.85. The van der Waals surface area contributed by atoms with E-state index in [0.717, 1.165) is 42.8 Å². The lowest BCUT2D eigenvalue weighted by Crippen LogP contribution is -2.19. The van der Waals surface area contributed by atoms with Gasteiger partial charge in [0.25, 0.3) is 0 Å². The molecule has 1 aliphatic rings. The Morgan fingerprint density at radius 1 is 1.05 bits per heavy atom. The molecule has 0 unspecified atom stereocenters. The number of esters is 1. The lowest BCUT2D eigenvalue weighted by molar-refractivity contribution is 0.0245. The summed E-state index contributed by atoms with van der Waals surface area (Å²) in [6.07, 6.45) is 8.05. The second-order valence-corrected chi connectivity index (χ2v) is 6.44. The molecule has 1 heterocycles. The zero-order chi connectivity index (χ0) is 15.2. The molecule has 0 bridgehead atoms. The van der Waals surface area contributed by atoms with Crippen LogP contribution in [0.4, 0.5) is 0 Å². The number of rotatable bonds is 3. The summed E-state index contributed by atoms with van der Waals surface area (Å²) in [7, 11) is 0. The fraction of sp³-hybridized carbons (Fsp3) is 0.471. The highest BCUT2D eigenvalue weighted by Gasteiger charge is 2.23. The third-order valence-electron chi connectivity index (χ3n) is 4.05. The van der Waals surface area contributed by atoms with E-state index in [4.69, 9.17) is 4.74 Å². The van der Waals surface area contributed by atoms with Crippen LogP contribution in [0.5, 0.6) is 0 Å². The van der Waals surface area contributed by atoms with Crippen LogP contribution >= 0.6 is 11.5 Å². The van der Waals surface area contributed by atoms with Gasteiger partial charge in [-0.1, -0.05) is 54.1 Å².